The zero-order valence-corrected chi connectivity index (χ0v) is 15.2. The molecule has 7 heteroatoms. The number of halogens is 1. The van der Waals surface area contributed by atoms with Gasteiger partial charge in [0, 0.05) is 12.6 Å². The molecule has 1 atom stereocenters. The number of carbonyl (C=O) groups excluding carboxylic acids is 2. The van der Waals surface area contributed by atoms with E-state index in [4.69, 9.17) is 10.00 Å². The van der Waals surface area contributed by atoms with Crippen molar-refractivity contribution in [2.75, 3.05) is 13.2 Å². The first-order valence-corrected chi connectivity index (χ1v) is 9.47. The fourth-order valence-corrected chi connectivity index (χ4v) is 3.80. The van der Waals surface area contributed by atoms with Gasteiger partial charge >= 0.3 is 0 Å². The lowest BCUT2D eigenvalue weighted by atomic mass is 9.79. The van der Waals surface area contributed by atoms with E-state index in [2.05, 4.69) is 10.6 Å². The maximum absolute atomic E-state index is 13.8. The molecular weight excluding hydrogens is 349 g/mol. The van der Waals surface area contributed by atoms with E-state index in [1.807, 2.05) is 0 Å². The summed E-state index contributed by atoms with van der Waals surface area (Å²) in [6.45, 7) is 0.288. The molecule has 1 saturated heterocycles. The van der Waals surface area contributed by atoms with Gasteiger partial charge in [0.05, 0.1) is 0 Å². The minimum atomic E-state index is -1.37. The molecular formula is C20H24FN3O3. The van der Waals surface area contributed by atoms with Crippen molar-refractivity contribution in [3.8, 4) is 11.8 Å². The Morgan fingerprint density at radius 3 is 2.81 bits per heavy atom. The summed E-state index contributed by atoms with van der Waals surface area (Å²) in [7, 11) is 0. The number of nitriles is 1. The van der Waals surface area contributed by atoms with Crippen LogP contribution in [0.1, 0.15) is 50.5 Å². The smallest absolute Gasteiger partial charge is 0.239 e. The van der Waals surface area contributed by atoms with E-state index >= 15 is 0 Å². The van der Waals surface area contributed by atoms with E-state index in [0.29, 0.717) is 19.4 Å². The van der Waals surface area contributed by atoms with Crippen LogP contribution in [0.4, 0.5) is 4.39 Å². The Hall–Kier alpha value is -2.62. The van der Waals surface area contributed by atoms with Crippen LogP contribution in [-0.4, -0.2) is 31.0 Å². The second-order valence-corrected chi connectivity index (χ2v) is 7.26. The topological polar surface area (TPSA) is 91.2 Å². The van der Waals surface area contributed by atoms with Crippen LogP contribution in [-0.2, 0) is 9.59 Å². The summed E-state index contributed by atoms with van der Waals surface area (Å²) in [5.74, 6) is -1.37. The summed E-state index contributed by atoms with van der Waals surface area (Å²) in [6, 6.07) is 5.91. The summed E-state index contributed by atoms with van der Waals surface area (Å²) in [5.41, 5.74) is -1.59. The number of piperidine rings is 1. The first-order chi connectivity index (χ1) is 13.1. The van der Waals surface area contributed by atoms with E-state index in [9.17, 15) is 14.0 Å². The molecule has 0 bridgehead atoms. The molecule has 1 aromatic rings. The normalized spacial score (nSPS) is 23.2. The molecule has 2 N–H and O–H groups in total. The van der Waals surface area contributed by atoms with Crippen LogP contribution in [0.25, 0.3) is 0 Å². The number of amides is 2. The third kappa shape index (κ3) is 4.05. The molecule has 1 aliphatic carbocycles. The van der Waals surface area contributed by atoms with Crippen LogP contribution in [0.15, 0.2) is 18.2 Å². The molecule has 2 aliphatic rings. The number of nitrogens with one attached hydrogen (secondary N) is 2. The summed E-state index contributed by atoms with van der Waals surface area (Å²) in [4.78, 5) is 25.7. The molecule has 0 spiro atoms. The van der Waals surface area contributed by atoms with Crippen molar-refractivity contribution in [2.24, 2.45) is 5.41 Å². The third-order valence-electron chi connectivity index (χ3n) is 5.44. The van der Waals surface area contributed by atoms with Crippen LogP contribution >= 0.6 is 0 Å². The number of hydrogen-bond donors (Lipinski definition) is 2. The predicted molar refractivity (Wildman–Crippen MR) is 96.3 cm³/mol. The maximum atomic E-state index is 13.8. The Morgan fingerprint density at radius 2 is 2.11 bits per heavy atom. The summed E-state index contributed by atoms with van der Waals surface area (Å²) in [6.07, 6.45) is 6.12. The van der Waals surface area contributed by atoms with Gasteiger partial charge in [0.2, 0.25) is 11.8 Å². The van der Waals surface area contributed by atoms with Crippen LogP contribution in [0.5, 0.6) is 5.75 Å². The highest BCUT2D eigenvalue weighted by Crippen LogP contribution is 2.31. The highest BCUT2D eigenvalue weighted by atomic mass is 19.1. The molecule has 0 aromatic heterocycles. The van der Waals surface area contributed by atoms with Crippen molar-refractivity contribution >= 4 is 11.8 Å². The van der Waals surface area contributed by atoms with Crippen molar-refractivity contribution < 1.29 is 18.7 Å². The van der Waals surface area contributed by atoms with Gasteiger partial charge in [-0.25, -0.2) is 4.39 Å². The molecule has 1 aliphatic heterocycles. The standard InChI is InChI=1S/C20H24FN3O3/c21-16-8-4-9-17(15(16)12-22)27-13-20(10-5-11-23-18(20)25)19(26)24-14-6-2-1-3-7-14/h4,8-9,14H,1-3,5-7,10-11,13H2,(H,23,25)(H,24,26). The van der Waals surface area contributed by atoms with Gasteiger partial charge in [-0.15, -0.1) is 0 Å². The minimum absolute atomic E-state index is 0.0423. The Labute approximate surface area is 158 Å². The number of ether oxygens (including phenoxy) is 1. The van der Waals surface area contributed by atoms with E-state index in [0.717, 1.165) is 32.1 Å². The lowest BCUT2D eigenvalue weighted by molar-refractivity contribution is -0.149. The second-order valence-electron chi connectivity index (χ2n) is 7.26. The molecule has 144 valence electrons. The average Bonchev–Trinajstić information content (AvgIpc) is 2.68. The molecule has 27 heavy (non-hydrogen) atoms. The third-order valence-corrected chi connectivity index (χ3v) is 5.44. The molecule has 1 unspecified atom stereocenters. The molecule has 6 nitrogen and oxygen atoms in total. The van der Waals surface area contributed by atoms with E-state index in [1.165, 1.54) is 18.2 Å². The molecule has 0 radical (unpaired) electrons. The largest absolute Gasteiger partial charge is 0.490 e. The Morgan fingerprint density at radius 1 is 1.33 bits per heavy atom. The average molecular weight is 373 g/mol. The van der Waals surface area contributed by atoms with E-state index < -0.39 is 11.2 Å². The number of rotatable bonds is 5. The molecule has 1 saturated carbocycles. The van der Waals surface area contributed by atoms with Crippen LogP contribution in [0.2, 0.25) is 0 Å². The van der Waals surface area contributed by atoms with Gasteiger partial charge in [-0.2, -0.15) is 5.26 Å². The zero-order chi connectivity index (χ0) is 19.3. The van der Waals surface area contributed by atoms with Crippen molar-refractivity contribution in [2.45, 2.75) is 51.0 Å². The van der Waals surface area contributed by atoms with Gasteiger partial charge in [0.1, 0.15) is 29.8 Å². The van der Waals surface area contributed by atoms with Gasteiger partial charge in [-0.1, -0.05) is 25.3 Å². The Balaban J connectivity index is 1.79. The van der Waals surface area contributed by atoms with Crippen LogP contribution < -0.4 is 15.4 Å². The number of nitrogens with zero attached hydrogens (tertiary/aromatic N) is 1. The fourth-order valence-electron chi connectivity index (χ4n) is 3.80. The van der Waals surface area contributed by atoms with Gasteiger partial charge in [-0.05, 0) is 37.8 Å². The van der Waals surface area contributed by atoms with E-state index in [1.54, 1.807) is 6.07 Å². The van der Waals surface area contributed by atoms with Crippen molar-refractivity contribution in [1.29, 1.82) is 5.26 Å². The first-order valence-electron chi connectivity index (χ1n) is 9.47. The summed E-state index contributed by atoms with van der Waals surface area (Å²) >= 11 is 0. The highest BCUT2D eigenvalue weighted by Gasteiger charge is 2.48. The highest BCUT2D eigenvalue weighted by molar-refractivity contribution is 6.05. The molecule has 1 heterocycles. The monoisotopic (exact) mass is 373 g/mol. The lowest BCUT2D eigenvalue weighted by Crippen LogP contribution is -2.59. The molecule has 3 rings (SSSR count). The van der Waals surface area contributed by atoms with Crippen LogP contribution in [0, 0.1) is 22.6 Å². The minimum Gasteiger partial charge on any atom is -0.490 e. The van der Waals surface area contributed by atoms with Gasteiger partial charge in [0.15, 0.2) is 5.41 Å². The Bertz CT molecular complexity index is 755. The van der Waals surface area contributed by atoms with Crippen LogP contribution in [0.3, 0.4) is 0 Å². The number of hydrogen-bond acceptors (Lipinski definition) is 4. The van der Waals surface area contributed by atoms with Gasteiger partial charge in [-0.3, -0.25) is 9.59 Å². The number of carbonyl (C=O) groups is 2. The SMILES string of the molecule is N#Cc1c(F)cccc1OCC1(C(=O)NC2CCCCC2)CCCNC1=O. The van der Waals surface area contributed by atoms with E-state index in [-0.39, 0.29) is 35.8 Å². The van der Waals surface area contributed by atoms with Crippen molar-refractivity contribution in [3.63, 3.8) is 0 Å². The zero-order valence-electron chi connectivity index (χ0n) is 15.2. The summed E-state index contributed by atoms with van der Waals surface area (Å²) in [5, 5.41) is 14.9. The fraction of sp³-hybridized carbons (Fsp3) is 0.550. The van der Waals surface area contributed by atoms with Gasteiger partial charge < -0.3 is 15.4 Å². The molecule has 1 aromatic carbocycles. The molecule has 2 amide bonds. The summed E-state index contributed by atoms with van der Waals surface area (Å²) < 4.78 is 19.4. The predicted octanol–water partition coefficient (Wildman–Crippen LogP) is 2.42. The number of benzene rings is 1. The lowest BCUT2D eigenvalue weighted by Gasteiger charge is -2.36. The Kier molecular flexibility index (Phi) is 5.94. The van der Waals surface area contributed by atoms with Crippen molar-refractivity contribution in [1.82, 2.24) is 10.6 Å². The quantitative estimate of drug-likeness (QED) is 0.776. The van der Waals surface area contributed by atoms with Crippen molar-refractivity contribution in [3.05, 3.63) is 29.6 Å². The first kappa shape index (κ1) is 19.2. The maximum Gasteiger partial charge on any atom is 0.239 e. The molecule has 2 fully saturated rings. The van der Waals surface area contributed by atoms with Gasteiger partial charge in [0.25, 0.3) is 0 Å². The second kappa shape index (κ2) is 8.38.